The summed E-state index contributed by atoms with van der Waals surface area (Å²) in [5.41, 5.74) is 1.34. The van der Waals surface area contributed by atoms with Gasteiger partial charge in [0.1, 0.15) is 0 Å². The van der Waals surface area contributed by atoms with Crippen molar-refractivity contribution in [3.8, 4) is 0 Å². The lowest BCUT2D eigenvalue weighted by molar-refractivity contribution is 0.552. The molecule has 0 heteroatoms. The summed E-state index contributed by atoms with van der Waals surface area (Å²) in [5, 5.41) is 0. The van der Waals surface area contributed by atoms with Crippen LogP contribution in [0.1, 0.15) is 25.7 Å². The molecule has 0 radical (unpaired) electrons. The molecular formula is C10H12. The highest BCUT2D eigenvalue weighted by Crippen LogP contribution is 2.75. The molecule has 2 fully saturated rings. The second kappa shape index (κ2) is 1.25. The van der Waals surface area contributed by atoms with E-state index < -0.39 is 0 Å². The molecule has 10 heavy (non-hydrogen) atoms. The summed E-state index contributed by atoms with van der Waals surface area (Å²) >= 11 is 0. The van der Waals surface area contributed by atoms with Crippen LogP contribution in [0.15, 0.2) is 24.3 Å². The van der Waals surface area contributed by atoms with Gasteiger partial charge in [0.25, 0.3) is 0 Å². The average molecular weight is 132 g/mol. The van der Waals surface area contributed by atoms with Crippen molar-refractivity contribution in [2.45, 2.75) is 25.7 Å². The molecule has 0 N–H and O–H groups in total. The van der Waals surface area contributed by atoms with E-state index in [2.05, 4.69) is 24.3 Å². The fourth-order valence-electron chi connectivity index (χ4n) is 3.01. The Morgan fingerprint density at radius 2 is 1.50 bits per heavy atom. The van der Waals surface area contributed by atoms with E-state index in [0.717, 1.165) is 0 Å². The van der Waals surface area contributed by atoms with Crippen LogP contribution in [0.5, 0.6) is 0 Å². The van der Waals surface area contributed by atoms with Crippen molar-refractivity contribution in [2.75, 3.05) is 0 Å². The standard InChI is InChI=1S/C10H12/c1-2-5-10-7-3-6-9(10,4-1)8-10/h1-2,4-5H,3,6-8H2/t9-,10+. The smallest absolute Gasteiger partial charge is 0.00152 e. The highest BCUT2D eigenvalue weighted by Gasteiger charge is 2.66. The Labute approximate surface area is 61.6 Å². The zero-order valence-electron chi connectivity index (χ0n) is 6.14. The zero-order chi connectivity index (χ0) is 6.66. The van der Waals surface area contributed by atoms with Gasteiger partial charge in [0, 0.05) is 0 Å². The first-order chi connectivity index (χ1) is 4.87. The third kappa shape index (κ3) is 0.361. The summed E-state index contributed by atoms with van der Waals surface area (Å²) in [4.78, 5) is 0. The van der Waals surface area contributed by atoms with Gasteiger partial charge in [-0.1, -0.05) is 30.7 Å². The highest BCUT2D eigenvalue weighted by atomic mass is 14.7. The first-order valence-corrected chi connectivity index (χ1v) is 4.24. The number of hydrogen-bond donors (Lipinski definition) is 0. The van der Waals surface area contributed by atoms with E-state index in [1.54, 1.807) is 0 Å². The molecule has 2 atom stereocenters. The molecule has 0 heterocycles. The molecule has 0 aromatic carbocycles. The van der Waals surface area contributed by atoms with Crippen LogP contribution in [-0.4, -0.2) is 0 Å². The van der Waals surface area contributed by atoms with Crippen molar-refractivity contribution in [1.82, 2.24) is 0 Å². The molecule has 0 aromatic rings. The van der Waals surface area contributed by atoms with E-state index in [4.69, 9.17) is 0 Å². The molecule has 0 bridgehead atoms. The third-order valence-electron chi connectivity index (χ3n) is 3.68. The van der Waals surface area contributed by atoms with Gasteiger partial charge in [0.2, 0.25) is 0 Å². The van der Waals surface area contributed by atoms with E-state index in [0.29, 0.717) is 10.8 Å². The zero-order valence-corrected chi connectivity index (χ0v) is 6.14. The Hall–Kier alpha value is -0.520. The lowest BCUT2D eigenvalue weighted by atomic mass is 9.92. The Kier molecular flexibility index (Phi) is 0.647. The molecule has 3 rings (SSSR count). The fraction of sp³-hybridized carbons (Fsp3) is 0.600. The molecule has 3 aliphatic rings. The number of hydrogen-bond acceptors (Lipinski definition) is 0. The summed E-state index contributed by atoms with van der Waals surface area (Å²) in [6.45, 7) is 0. The molecule has 3 aliphatic carbocycles. The predicted octanol–water partition coefficient (Wildman–Crippen LogP) is 2.67. The Bertz CT molecular complexity index is 212. The van der Waals surface area contributed by atoms with Crippen molar-refractivity contribution in [1.29, 1.82) is 0 Å². The molecule has 0 aliphatic heterocycles. The molecular weight excluding hydrogens is 120 g/mol. The molecule has 0 unspecified atom stereocenters. The van der Waals surface area contributed by atoms with Crippen molar-refractivity contribution in [3.05, 3.63) is 24.3 Å². The Morgan fingerprint density at radius 1 is 0.900 bits per heavy atom. The van der Waals surface area contributed by atoms with Crippen molar-refractivity contribution >= 4 is 0 Å². The first kappa shape index (κ1) is 5.17. The summed E-state index contributed by atoms with van der Waals surface area (Å²) in [6.07, 6.45) is 15.2. The monoisotopic (exact) mass is 132 g/mol. The maximum absolute atomic E-state index is 2.44. The van der Waals surface area contributed by atoms with Gasteiger partial charge in [-0.2, -0.15) is 0 Å². The predicted molar refractivity (Wildman–Crippen MR) is 41.6 cm³/mol. The van der Waals surface area contributed by atoms with Crippen LogP contribution in [0.2, 0.25) is 0 Å². The molecule has 52 valence electrons. The van der Waals surface area contributed by atoms with Gasteiger partial charge in [-0.15, -0.1) is 0 Å². The van der Waals surface area contributed by atoms with Crippen molar-refractivity contribution < 1.29 is 0 Å². The first-order valence-electron chi connectivity index (χ1n) is 4.24. The second-order valence-electron chi connectivity index (χ2n) is 4.06. The molecule has 0 nitrogen and oxygen atoms in total. The summed E-state index contributed by atoms with van der Waals surface area (Å²) in [6, 6.07) is 0. The number of allylic oxidation sites excluding steroid dienone is 4. The van der Waals surface area contributed by atoms with E-state index in [1.165, 1.54) is 25.7 Å². The van der Waals surface area contributed by atoms with Gasteiger partial charge in [-0.3, -0.25) is 0 Å². The molecule has 0 spiro atoms. The van der Waals surface area contributed by atoms with Crippen LogP contribution < -0.4 is 0 Å². The fourth-order valence-corrected chi connectivity index (χ4v) is 3.01. The number of rotatable bonds is 0. The Morgan fingerprint density at radius 3 is 2.10 bits per heavy atom. The van der Waals surface area contributed by atoms with Crippen LogP contribution in [0.3, 0.4) is 0 Å². The quantitative estimate of drug-likeness (QED) is 0.475. The topological polar surface area (TPSA) is 0 Å². The van der Waals surface area contributed by atoms with Crippen LogP contribution in [0, 0.1) is 10.8 Å². The van der Waals surface area contributed by atoms with Gasteiger partial charge < -0.3 is 0 Å². The maximum atomic E-state index is 2.44. The summed E-state index contributed by atoms with van der Waals surface area (Å²) in [5.74, 6) is 0. The minimum Gasteiger partial charge on any atom is -0.0774 e. The lowest BCUT2D eigenvalue weighted by Crippen LogP contribution is -2.03. The van der Waals surface area contributed by atoms with Gasteiger partial charge in [0.05, 0.1) is 0 Å². The lowest BCUT2D eigenvalue weighted by Gasteiger charge is -2.12. The Balaban J connectivity index is 2.13. The normalized spacial score (nSPS) is 54.4. The highest BCUT2D eigenvalue weighted by molar-refractivity contribution is 5.38. The maximum Gasteiger partial charge on any atom is -0.00152 e. The van der Waals surface area contributed by atoms with Gasteiger partial charge in [-0.05, 0) is 30.1 Å². The van der Waals surface area contributed by atoms with Crippen LogP contribution >= 0.6 is 0 Å². The molecule has 0 aromatic heterocycles. The van der Waals surface area contributed by atoms with Crippen molar-refractivity contribution in [3.63, 3.8) is 0 Å². The minimum absolute atomic E-state index is 0.668. The second-order valence-corrected chi connectivity index (χ2v) is 4.06. The molecule has 0 amide bonds. The van der Waals surface area contributed by atoms with Crippen LogP contribution in [0.4, 0.5) is 0 Å². The molecule has 0 saturated heterocycles. The van der Waals surface area contributed by atoms with Crippen LogP contribution in [-0.2, 0) is 0 Å². The third-order valence-corrected chi connectivity index (χ3v) is 3.68. The molecule has 2 saturated carbocycles. The largest absolute Gasteiger partial charge is 0.0774 e. The SMILES string of the molecule is C1=C[C@@]23CCC[C@]2(C=C1)C3. The van der Waals surface area contributed by atoms with E-state index >= 15 is 0 Å². The van der Waals surface area contributed by atoms with E-state index in [9.17, 15) is 0 Å². The summed E-state index contributed by atoms with van der Waals surface area (Å²) < 4.78 is 0. The van der Waals surface area contributed by atoms with E-state index in [1.807, 2.05) is 0 Å². The van der Waals surface area contributed by atoms with Gasteiger partial charge in [-0.25, -0.2) is 0 Å². The minimum atomic E-state index is 0.668. The summed E-state index contributed by atoms with van der Waals surface area (Å²) in [7, 11) is 0. The van der Waals surface area contributed by atoms with Crippen molar-refractivity contribution in [2.24, 2.45) is 10.8 Å². The van der Waals surface area contributed by atoms with Gasteiger partial charge in [0.15, 0.2) is 0 Å². The average Bonchev–Trinajstić information content (AvgIpc) is 2.47. The van der Waals surface area contributed by atoms with Gasteiger partial charge >= 0.3 is 0 Å². The van der Waals surface area contributed by atoms with Crippen LogP contribution in [0.25, 0.3) is 0 Å². The van der Waals surface area contributed by atoms with E-state index in [-0.39, 0.29) is 0 Å².